The monoisotopic (exact) mass is 308 g/mol. The predicted octanol–water partition coefficient (Wildman–Crippen LogP) is 3.98. The van der Waals surface area contributed by atoms with Gasteiger partial charge in [0, 0.05) is 5.02 Å². The SMILES string of the molecule is FC(F)(F)c1cccc(Cl)c1.I. The molecule has 0 spiro atoms. The molecule has 68 valence electrons. The van der Waals surface area contributed by atoms with Crippen molar-refractivity contribution < 1.29 is 13.2 Å². The molecule has 0 heterocycles. The van der Waals surface area contributed by atoms with E-state index in [1.165, 1.54) is 12.1 Å². The zero-order valence-corrected chi connectivity index (χ0v) is 8.82. The average molecular weight is 308 g/mol. The number of benzene rings is 1. The predicted molar refractivity (Wildman–Crippen MR) is 51.9 cm³/mol. The van der Waals surface area contributed by atoms with Crippen LogP contribution >= 0.6 is 35.6 Å². The molecule has 5 heteroatoms. The van der Waals surface area contributed by atoms with E-state index in [2.05, 4.69) is 0 Å². The Hall–Kier alpha value is 0.0300. The van der Waals surface area contributed by atoms with Gasteiger partial charge in [-0.25, -0.2) is 0 Å². The Balaban J connectivity index is 0.00000121. The van der Waals surface area contributed by atoms with Gasteiger partial charge < -0.3 is 0 Å². The van der Waals surface area contributed by atoms with Crippen LogP contribution in [0.4, 0.5) is 13.2 Å². The maximum absolute atomic E-state index is 11.9. The summed E-state index contributed by atoms with van der Waals surface area (Å²) in [4.78, 5) is 0. The number of rotatable bonds is 0. The molecule has 0 aromatic heterocycles. The third-order valence-electron chi connectivity index (χ3n) is 1.15. The molecular formula is C7H5ClF3I. The Morgan fingerprint density at radius 2 is 1.75 bits per heavy atom. The first kappa shape index (κ1) is 12.0. The maximum Gasteiger partial charge on any atom is 0.416 e. The molecule has 1 rings (SSSR count). The summed E-state index contributed by atoms with van der Waals surface area (Å²) >= 11 is 5.35. The minimum atomic E-state index is -4.30. The highest BCUT2D eigenvalue weighted by Crippen LogP contribution is 2.30. The van der Waals surface area contributed by atoms with Crippen LogP contribution in [0, 0.1) is 0 Å². The quantitative estimate of drug-likeness (QED) is 0.636. The Bertz CT molecular complexity index is 259. The van der Waals surface area contributed by atoms with E-state index in [0.29, 0.717) is 0 Å². The lowest BCUT2D eigenvalue weighted by Crippen LogP contribution is -2.03. The van der Waals surface area contributed by atoms with Crippen LogP contribution in [0.1, 0.15) is 5.56 Å². The van der Waals surface area contributed by atoms with Gasteiger partial charge in [-0.3, -0.25) is 0 Å². The van der Waals surface area contributed by atoms with Crippen molar-refractivity contribution in [3.05, 3.63) is 34.9 Å². The van der Waals surface area contributed by atoms with Crippen LogP contribution in [0.5, 0.6) is 0 Å². The molecule has 0 aliphatic rings. The molecule has 0 nitrogen and oxygen atoms in total. The van der Waals surface area contributed by atoms with E-state index in [-0.39, 0.29) is 29.0 Å². The third-order valence-corrected chi connectivity index (χ3v) is 1.39. The standard InChI is InChI=1S/C7H4ClF3.HI/c8-6-3-1-2-5(4-6)7(9,10)11;/h1-4H;1H. The molecular weight excluding hydrogens is 303 g/mol. The van der Waals surface area contributed by atoms with Gasteiger partial charge in [-0.1, -0.05) is 17.7 Å². The largest absolute Gasteiger partial charge is 0.416 e. The van der Waals surface area contributed by atoms with Crippen molar-refractivity contribution in [3.63, 3.8) is 0 Å². The first-order valence-corrected chi connectivity index (χ1v) is 3.21. The molecule has 0 saturated carbocycles. The Labute approximate surface area is 89.7 Å². The van der Waals surface area contributed by atoms with Gasteiger partial charge in [0.25, 0.3) is 0 Å². The molecule has 0 amide bonds. The maximum atomic E-state index is 11.9. The number of hydrogen-bond donors (Lipinski definition) is 0. The second kappa shape index (κ2) is 4.32. The number of halogens is 5. The summed E-state index contributed by atoms with van der Waals surface area (Å²) in [6.45, 7) is 0. The highest BCUT2D eigenvalue weighted by atomic mass is 127. The van der Waals surface area contributed by atoms with Crippen LogP contribution in [0.3, 0.4) is 0 Å². The Kier molecular flexibility index (Phi) is 4.33. The van der Waals surface area contributed by atoms with Crippen LogP contribution < -0.4 is 0 Å². The minimum Gasteiger partial charge on any atom is -0.166 e. The second-order valence-electron chi connectivity index (χ2n) is 2.01. The van der Waals surface area contributed by atoms with Gasteiger partial charge in [-0.05, 0) is 18.2 Å². The smallest absolute Gasteiger partial charge is 0.166 e. The van der Waals surface area contributed by atoms with Crippen molar-refractivity contribution in [1.82, 2.24) is 0 Å². The van der Waals surface area contributed by atoms with Crippen molar-refractivity contribution in [2.24, 2.45) is 0 Å². The van der Waals surface area contributed by atoms with Gasteiger partial charge in [-0.2, -0.15) is 13.2 Å². The van der Waals surface area contributed by atoms with Gasteiger partial charge in [0.2, 0.25) is 0 Å². The highest BCUT2D eigenvalue weighted by molar-refractivity contribution is 14.0. The van der Waals surface area contributed by atoms with E-state index in [9.17, 15) is 13.2 Å². The zero-order valence-electron chi connectivity index (χ0n) is 5.73. The first-order chi connectivity index (χ1) is 5.00. The van der Waals surface area contributed by atoms with Crippen LogP contribution in [0.25, 0.3) is 0 Å². The summed E-state index contributed by atoms with van der Waals surface area (Å²) in [5.74, 6) is 0. The zero-order chi connectivity index (χ0) is 8.48. The normalized spacial score (nSPS) is 10.7. The van der Waals surface area contributed by atoms with Crippen molar-refractivity contribution in [1.29, 1.82) is 0 Å². The topological polar surface area (TPSA) is 0 Å². The number of hydrogen-bond acceptors (Lipinski definition) is 0. The van der Waals surface area contributed by atoms with Gasteiger partial charge >= 0.3 is 6.18 Å². The van der Waals surface area contributed by atoms with E-state index in [1.54, 1.807) is 0 Å². The lowest BCUT2D eigenvalue weighted by Gasteiger charge is -2.05. The molecule has 0 N–H and O–H groups in total. The highest BCUT2D eigenvalue weighted by Gasteiger charge is 2.30. The summed E-state index contributed by atoms with van der Waals surface area (Å²) in [5.41, 5.74) is -0.718. The molecule has 1 aromatic rings. The van der Waals surface area contributed by atoms with Gasteiger partial charge in [0.1, 0.15) is 0 Å². The molecule has 0 radical (unpaired) electrons. The molecule has 0 fully saturated rings. The van der Waals surface area contributed by atoms with Crippen molar-refractivity contribution in [2.75, 3.05) is 0 Å². The lowest BCUT2D eigenvalue weighted by molar-refractivity contribution is -0.137. The molecule has 0 aliphatic carbocycles. The fraction of sp³-hybridized carbons (Fsp3) is 0.143. The van der Waals surface area contributed by atoms with Crippen molar-refractivity contribution in [3.8, 4) is 0 Å². The fourth-order valence-corrected chi connectivity index (χ4v) is 0.855. The first-order valence-electron chi connectivity index (χ1n) is 2.83. The van der Waals surface area contributed by atoms with Crippen LogP contribution in [0.2, 0.25) is 5.02 Å². The molecule has 12 heavy (non-hydrogen) atoms. The molecule has 0 atom stereocenters. The fourth-order valence-electron chi connectivity index (χ4n) is 0.665. The van der Waals surface area contributed by atoms with E-state index >= 15 is 0 Å². The van der Waals surface area contributed by atoms with Gasteiger partial charge in [-0.15, -0.1) is 24.0 Å². The molecule has 0 bridgehead atoms. The van der Waals surface area contributed by atoms with E-state index in [4.69, 9.17) is 11.6 Å². The second-order valence-corrected chi connectivity index (χ2v) is 2.44. The Morgan fingerprint density at radius 1 is 1.17 bits per heavy atom. The molecule has 0 saturated heterocycles. The Morgan fingerprint density at radius 3 is 2.08 bits per heavy atom. The number of alkyl halides is 3. The summed E-state index contributed by atoms with van der Waals surface area (Å²) in [7, 11) is 0. The van der Waals surface area contributed by atoms with Gasteiger partial charge in [0.05, 0.1) is 5.56 Å². The van der Waals surface area contributed by atoms with Crippen LogP contribution in [-0.4, -0.2) is 0 Å². The van der Waals surface area contributed by atoms with Gasteiger partial charge in [0.15, 0.2) is 0 Å². The molecule has 1 aromatic carbocycles. The van der Waals surface area contributed by atoms with Crippen LogP contribution in [-0.2, 0) is 6.18 Å². The summed E-state index contributed by atoms with van der Waals surface area (Å²) in [6, 6.07) is 4.54. The average Bonchev–Trinajstić information content (AvgIpc) is 1.86. The molecule has 0 unspecified atom stereocenters. The van der Waals surface area contributed by atoms with E-state index in [0.717, 1.165) is 12.1 Å². The third kappa shape index (κ3) is 3.18. The van der Waals surface area contributed by atoms with Crippen molar-refractivity contribution in [2.45, 2.75) is 6.18 Å². The van der Waals surface area contributed by atoms with E-state index in [1.807, 2.05) is 0 Å². The van der Waals surface area contributed by atoms with Crippen LogP contribution in [0.15, 0.2) is 24.3 Å². The summed E-state index contributed by atoms with van der Waals surface area (Å²) in [6.07, 6.45) is -4.30. The summed E-state index contributed by atoms with van der Waals surface area (Å²) in [5, 5.41) is 0.0971. The minimum absolute atomic E-state index is 0. The summed E-state index contributed by atoms with van der Waals surface area (Å²) < 4.78 is 35.7. The molecule has 0 aliphatic heterocycles. The van der Waals surface area contributed by atoms with Crippen molar-refractivity contribution >= 4 is 35.6 Å². The van der Waals surface area contributed by atoms with E-state index < -0.39 is 11.7 Å². The lowest BCUT2D eigenvalue weighted by atomic mass is 10.2.